The number of ether oxygens (including phenoxy) is 3. The van der Waals surface area contributed by atoms with Gasteiger partial charge in [-0.25, -0.2) is 19.2 Å². The van der Waals surface area contributed by atoms with E-state index in [0.717, 1.165) is 119 Å². The Morgan fingerprint density at radius 2 is 0.570 bits per heavy atom. The summed E-state index contributed by atoms with van der Waals surface area (Å²) in [6.07, 6.45) is 27.0. The van der Waals surface area contributed by atoms with Gasteiger partial charge in [-0.3, -0.25) is 4.79 Å². The van der Waals surface area contributed by atoms with Gasteiger partial charge in [0.15, 0.2) is 0 Å². The molecule has 10 bridgehead atoms. The Bertz CT molecular complexity index is 2310. The highest BCUT2D eigenvalue weighted by molar-refractivity contribution is 5.80. The molecular weight excluding hydrogens is 1160 g/mol. The molecule has 10 aliphatic heterocycles. The van der Waals surface area contributed by atoms with Gasteiger partial charge in [0.25, 0.3) is 0 Å². The maximum absolute atomic E-state index is 12.5. The summed E-state index contributed by atoms with van der Waals surface area (Å²) in [4.78, 5) is 73.8. The molecule has 0 N–H and O–H groups in total. The van der Waals surface area contributed by atoms with Crippen LogP contribution in [-0.2, 0) is 19.0 Å². The van der Waals surface area contributed by atoms with Crippen LogP contribution in [0.5, 0.6) is 0 Å². The smallest absolute Gasteiger partial charge is 0.410 e. The molecule has 10 unspecified atom stereocenters. The van der Waals surface area contributed by atoms with Gasteiger partial charge in [-0.15, -0.1) is 0 Å². The highest BCUT2D eigenvalue weighted by atomic mass is 16.6. The number of carbonyl (C=O) groups is 5. The molecule has 11 rings (SSSR count). The number of carbonyl (C=O) groups excluding carboxylic acids is 5. The van der Waals surface area contributed by atoms with Crippen LogP contribution in [0.15, 0.2) is 0 Å². The van der Waals surface area contributed by atoms with Crippen molar-refractivity contribution in [3.8, 4) is 0 Å². The fourth-order valence-corrected chi connectivity index (χ4v) is 18.1. The molecule has 1 saturated carbocycles. The average Bonchev–Trinajstić information content (AvgIpc) is 1.71. The van der Waals surface area contributed by atoms with Crippen molar-refractivity contribution in [2.24, 2.45) is 79.8 Å². The molecule has 14 nitrogen and oxygen atoms in total. The Balaban J connectivity index is 0.000000165. The number of amides is 6. The van der Waals surface area contributed by atoms with Crippen molar-refractivity contribution in [3.63, 3.8) is 0 Å². The molecular formula is C79H142N6O8. The Kier molecular flexibility index (Phi) is 25.4. The van der Waals surface area contributed by atoms with Crippen LogP contribution >= 0.6 is 0 Å². The van der Waals surface area contributed by atoms with Crippen molar-refractivity contribution in [2.75, 3.05) is 33.9 Å². The lowest BCUT2D eigenvalue weighted by atomic mass is 9.72. The zero-order valence-corrected chi connectivity index (χ0v) is 64.2. The second-order valence-electron chi connectivity index (χ2n) is 39.3. The molecule has 11 aliphatic rings. The molecule has 10 heterocycles. The second kappa shape index (κ2) is 30.8. The van der Waals surface area contributed by atoms with Crippen molar-refractivity contribution in [3.05, 3.63) is 0 Å². The van der Waals surface area contributed by atoms with Gasteiger partial charge in [0, 0.05) is 80.4 Å². The molecule has 14 heteroatoms. The van der Waals surface area contributed by atoms with Crippen molar-refractivity contribution < 1.29 is 38.2 Å². The number of rotatable bonds is 6. The summed E-state index contributed by atoms with van der Waals surface area (Å²) in [5.41, 5.74) is 1.89. The zero-order chi connectivity index (χ0) is 69.2. The molecule has 11 fully saturated rings. The third-order valence-electron chi connectivity index (χ3n) is 24.4. The third-order valence-corrected chi connectivity index (χ3v) is 24.4. The highest BCUT2D eigenvalue weighted by Gasteiger charge is 2.52. The normalized spacial score (nSPS) is 32.2. The quantitative estimate of drug-likeness (QED) is 0.240. The van der Waals surface area contributed by atoms with E-state index in [9.17, 15) is 24.0 Å². The van der Waals surface area contributed by atoms with Crippen molar-refractivity contribution in [1.29, 1.82) is 0 Å². The molecule has 1 aliphatic carbocycles. The molecule has 0 aromatic heterocycles. The predicted octanol–water partition coefficient (Wildman–Crippen LogP) is 19.2. The first kappa shape index (κ1) is 76.9. The predicted molar refractivity (Wildman–Crippen MR) is 379 cm³/mol. The highest BCUT2D eigenvalue weighted by Crippen LogP contribution is 2.51. The number of fused-ring (bicyclic) bond motifs is 10. The lowest BCUT2D eigenvalue weighted by Crippen LogP contribution is -2.51. The standard InChI is InChI=1S/C17H31NO2.2C16H29NO2.C16H27NO.C14H26N2O/c1-16(2,3)11-20-15(19)18-13-7-8-14(18)10-12(9-13)17(4,5)6;2*1-11(2)10-19-15(18)17-13-6-7-14(17)9-12(8-13)16(3,4)5;1-16(2,3)12-9-13-7-8-14(10-12)17(13)15(18)11-5-4-6-11;1-14(2,3)10-8-11-6-7-12(9-10)16(11)13(17)15(4)5/h12-14H,7-11H2,1-6H3;2*11-14H,6-10H2,1-5H3;11-14H,4-10H2,1-3H3;10-12H,6-9H2,1-5H3. The summed E-state index contributed by atoms with van der Waals surface area (Å²) in [7, 11) is 3.72. The van der Waals surface area contributed by atoms with Crippen molar-refractivity contribution in [2.45, 2.75) is 360 Å². The molecule has 10 atom stereocenters. The Hall–Kier alpha value is -3.45. The molecule has 0 aromatic carbocycles. The lowest BCUT2D eigenvalue weighted by molar-refractivity contribution is -0.144. The summed E-state index contributed by atoms with van der Waals surface area (Å²) in [5.74, 6) is 5.49. The minimum absolute atomic E-state index is 0.0401. The van der Waals surface area contributed by atoms with Gasteiger partial charge < -0.3 is 43.6 Å². The fourth-order valence-electron chi connectivity index (χ4n) is 18.1. The summed E-state index contributed by atoms with van der Waals surface area (Å²) >= 11 is 0. The Labute approximate surface area is 569 Å². The topological polar surface area (TPSA) is 132 Å². The molecule has 0 aromatic rings. The lowest BCUT2D eigenvalue weighted by Gasteiger charge is -2.45. The molecule has 536 valence electrons. The van der Waals surface area contributed by atoms with Gasteiger partial charge in [-0.05, 0) is 215 Å². The first-order chi connectivity index (χ1) is 42.9. The van der Waals surface area contributed by atoms with Gasteiger partial charge in [0.2, 0.25) is 5.91 Å². The number of urea groups is 1. The Morgan fingerprint density at radius 1 is 0.344 bits per heavy atom. The summed E-state index contributed by atoms with van der Waals surface area (Å²) < 4.78 is 16.4. The number of hydrogen-bond acceptors (Lipinski definition) is 8. The molecule has 0 radical (unpaired) electrons. The summed E-state index contributed by atoms with van der Waals surface area (Å²) in [5, 5.41) is 0. The van der Waals surface area contributed by atoms with E-state index in [2.05, 4.69) is 162 Å². The van der Waals surface area contributed by atoms with Crippen molar-refractivity contribution >= 4 is 30.2 Å². The van der Waals surface area contributed by atoms with E-state index in [1.807, 2.05) is 28.8 Å². The molecule has 6 amide bonds. The SMILES string of the molecule is CC(C)(C)C1CC2CCC(C1)N2C(=O)C1CCC1.CC(C)(C)COC(=O)N1C2CCC1CC(C(C)(C)C)C2.CC(C)COC(=O)N1C2CCC1CC(C(C)(C)C)C2.CC(C)COC(=O)N1C2CCC1CC(C(C)(C)C)C2.CN(C)C(=O)N1C2CCC1CC(C(C)(C)C)C2. The van der Waals surface area contributed by atoms with Crippen LogP contribution < -0.4 is 0 Å². The zero-order valence-electron chi connectivity index (χ0n) is 64.2. The number of nitrogens with zero attached hydrogens (tertiary/aromatic N) is 6. The van der Waals surface area contributed by atoms with Gasteiger partial charge in [0.1, 0.15) is 0 Å². The van der Waals surface area contributed by atoms with E-state index in [0.29, 0.717) is 131 Å². The summed E-state index contributed by atoms with van der Waals surface area (Å²) in [6, 6.07) is 4.83. The maximum atomic E-state index is 12.5. The minimum Gasteiger partial charge on any atom is -0.449 e. The molecule has 93 heavy (non-hydrogen) atoms. The van der Waals surface area contributed by atoms with E-state index in [4.69, 9.17) is 14.2 Å². The first-order valence-corrected chi connectivity index (χ1v) is 38.1. The fraction of sp³-hybridized carbons (Fsp3) is 0.937. The summed E-state index contributed by atoms with van der Waals surface area (Å²) in [6.45, 7) is 51.2. The number of piperidine rings is 5. The van der Waals surface area contributed by atoms with Crippen LogP contribution in [0.25, 0.3) is 0 Å². The van der Waals surface area contributed by atoms with E-state index in [1.165, 1.54) is 57.8 Å². The van der Waals surface area contributed by atoms with E-state index >= 15 is 0 Å². The van der Waals surface area contributed by atoms with Gasteiger partial charge in [0.05, 0.1) is 19.8 Å². The molecule has 10 saturated heterocycles. The maximum Gasteiger partial charge on any atom is 0.410 e. The van der Waals surface area contributed by atoms with Crippen LogP contribution in [0.4, 0.5) is 19.2 Å². The van der Waals surface area contributed by atoms with Gasteiger partial charge in [-0.1, -0.05) is 159 Å². The van der Waals surface area contributed by atoms with Crippen molar-refractivity contribution in [1.82, 2.24) is 29.4 Å². The van der Waals surface area contributed by atoms with Crippen LogP contribution in [-0.4, -0.2) is 154 Å². The monoisotopic (exact) mass is 1300 g/mol. The third kappa shape index (κ3) is 20.1. The first-order valence-electron chi connectivity index (χ1n) is 38.1. The Morgan fingerprint density at radius 3 is 0.763 bits per heavy atom. The van der Waals surface area contributed by atoms with Gasteiger partial charge >= 0.3 is 24.3 Å². The van der Waals surface area contributed by atoms with E-state index in [-0.39, 0.29) is 29.7 Å². The van der Waals surface area contributed by atoms with Gasteiger partial charge in [-0.2, -0.15) is 0 Å². The van der Waals surface area contributed by atoms with Crippen LogP contribution in [0, 0.1) is 79.8 Å². The average molecular weight is 1300 g/mol. The van der Waals surface area contributed by atoms with Crippen LogP contribution in [0.1, 0.15) is 300 Å². The van der Waals surface area contributed by atoms with Crippen LogP contribution in [0.3, 0.4) is 0 Å². The van der Waals surface area contributed by atoms with E-state index < -0.39 is 0 Å². The number of hydrogen-bond donors (Lipinski definition) is 0. The second-order valence-corrected chi connectivity index (χ2v) is 39.3. The largest absolute Gasteiger partial charge is 0.449 e. The van der Waals surface area contributed by atoms with E-state index in [1.54, 1.807) is 4.90 Å². The van der Waals surface area contributed by atoms with Crippen LogP contribution in [0.2, 0.25) is 0 Å². The minimum atomic E-state index is -0.0835. The molecule has 0 spiro atoms.